The number of hydrogen-bond acceptors (Lipinski definition) is 4. The number of amides is 3. The van der Waals surface area contributed by atoms with Crippen molar-refractivity contribution >= 4 is 11.9 Å². The van der Waals surface area contributed by atoms with E-state index in [9.17, 15) is 9.59 Å². The molecule has 1 N–H and O–H groups in total. The third kappa shape index (κ3) is 3.60. The molecule has 1 atom stereocenters. The highest BCUT2D eigenvalue weighted by Gasteiger charge is 2.45. The highest BCUT2D eigenvalue weighted by molar-refractivity contribution is 5.78. The Morgan fingerprint density at radius 2 is 2.07 bits per heavy atom. The number of aryl methyl sites for hydroxylation is 1. The largest absolute Gasteiger partial charge is 0.361 e. The molecule has 2 fully saturated rings. The summed E-state index contributed by atoms with van der Waals surface area (Å²) in [5, 5.41) is 2.98. The summed E-state index contributed by atoms with van der Waals surface area (Å²) >= 11 is 0. The zero-order valence-electron chi connectivity index (χ0n) is 16.2. The average Bonchev–Trinajstić information content (AvgIpc) is 3.30. The Morgan fingerprint density at radius 3 is 2.75 bits per heavy atom. The van der Waals surface area contributed by atoms with Gasteiger partial charge in [-0.3, -0.25) is 4.79 Å². The normalized spacial score (nSPS) is 22.1. The van der Waals surface area contributed by atoms with Crippen LogP contribution >= 0.6 is 0 Å². The number of rotatable bonds is 3. The molecule has 1 aromatic carbocycles. The number of carbonyl (C=O) groups excluding carboxylic acids is 2. The minimum absolute atomic E-state index is 0.0112. The predicted molar refractivity (Wildman–Crippen MR) is 103 cm³/mol. The number of morpholine rings is 1. The van der Waals surface area contributed by atoms with E-state index in [1.165, 1.54) is 0 Å². The van der Waals surface area contributed by atoms with E-state index < -0.39 is 5.60 Å². The summed E-state index contributed by atoms with van der Waals surface area (Å²) in [5.74, 6) is 0.921. The van der Waals surface area contributed by atoms with Gasteiger partial charge < -0.3 is 24.4 Å². The van der Waals surface area contributed by atoms with Gasteiger partial charge >= 0.3 is 6.03 Å². The van der Waals surface area contributed by atoms with Gasteiger partial charge in [0, 0.05) is 38.2 Å². The number of likely N-dealkylation sites (tertiary alicyclic amines) is 1. The molecule has 3 heterocycles. The van der Waals surface area contributed by atoms with Gasteiger partial charge in [0.25, 0.3) is 0 Å². The lowest BCUT2D eigenvalue weighted by molar-refractivity contribution is -0.158. The van der Waals surface area contributed by atoms with Crippen molar-refractivity contribution in [3.8, 4) is 5.69 Å². The number of benzene rings is 1. The molecule has 3 amide bonds. The zero-order chi connectivity index (χ0) is 19.7. The van der Waals surface area contributed by atoms with Gasteiger partial charge in [0.2, 0.25) is 5.91 Å². The predicted octanol–water partition coefficient (Wildman–Crippen LogP) is 1.32. The molecule has 8 nitrogen and oxygen atoms in total. The van der Waals surface area contributed by atoms with E-state index in [4.69, 9.17) is 4.74 Å². The number of nitrogens with one attached hydrogen (secondary N) is 1. The molecule has 2 aromatic rings. The molecule has 4 rings (SSSR count). The van der Waals surface area contributed by atoms with Gasteiger partial charge in [0.1, 0.15) is 18.0 Å². The minimum atomic E-state index is -0.426. The SMILES string of the molecule is Cc1nccn1-c1ccc(CNC(=O)N2CC[C@@]3(CN(C)C(=O)CO3)C2)cc1. The van der Waals surface area contributed by atoms with Crippen molar-refractivity contribution in [1.82, 2.24) is 24.7 Å². The third-order valence-corrected chi connectivity index (χ3v) is 5.54. The lowest BCUT2D eigenvalue weighted by atomic mass is 10.0. The van der Waals surface area contributed by atoms with Crippen molar-refractivity contribution in [2.75, 3.05) is 33.3 Å². The van der Waals surface area contributed by atoms with E-state index in [0.717, 1.165) is 23.5 Å². The minimum Gasteiger partial charge on any atom is -0.361 e. The van der Waals surface area contributed by atoms with E-state index in [-0.39, 0.29) is 18.5 Å². The first kappa shape index (κ1) is 18.5. The number of urea groups is 1. The standard InChI is InChI=1S/C20H25N5O3/c1-15-21-8-10-25(15)17-5-3-16(4-6-17)11-22-19(27)24-9-7-20(14-24)13-23(2)18(26)12-28-20/h3-6,8,10H,7,9,11-14H2,1-2H3,(H,22,27)/t20-/m1/s1. The second-order valence-electron chi connectivity index (χ2n) is 7.56. The van der Waals surface area contributed by atoms with Crippen LogP contribution < -0.4 is 5.32 Å². The summed E-state index contributed by atoms with van der Waals surface area (Å²) < 4.78 is 7.80. The Hall–Kier alpha value is -2.87. The molecule has 1 aromatic heterocycles. The molecule has 0 saturated carbocycles. The molecular weight excluding hydrogens is 358 g/mol. The maximum Gasteiger partial charge on any atom is 0.317 e. The lowest BCUT2D eigenvalue weighted by Crippen LogP contribution is -2.55. The van der Waals surface area contributed by atoms with Crippen molar-refractivity contribution in [3.63, 3.8) is 0 Å². The van der Waals surface area contributed by atoms with Gasteiger partial charge in [0.15, 0.2) is 0 Å². The Bertz CT molecular complexity index is 878. The van der Waals surface area contributed by atoms with E-state index in [0.29, 0.717) is 26.2 Å². The molecule has 2 aliphatic heterocycles. The molecule has 0 unspecified atom stereocenters. The maximum absolute atomic E-state index is 12.6. The van der Waals surface area contributed by atoms with Crippen LogP contribution in [-0.4, -0.2) is 70.2 Å². The molecule has 2 aliphatic rings. The maximum atomic E-state index is 12.6. The van der Waals surface area contributed by atoms with Gasteiger partial charge in [-0.25, -0.2) is 9.78 Å². The van der Waals surface area contributed by atoms with E-state index >= 15 is 0 Å². The molecule has 0 aliphatic carbocycles. The summed E-state index contributed by atoms with van der Waals surface area (Å²) in [7, 11) is 1.78. The number of carbonyl (C=O) groups is 2. The Labute approximate surface area is 164 Å². The number of imidazole rings is 1. The topological polar surface area (TPSA) is 79.7 Å². The van der Waals surface area contributed by atoms with Crippen LogP contribution in [0.1, 0.15) is 17.8 Å². The van der Waals surface area contributed by atoms with Gasteiger partial charge in [-0.05, 0) is 31.0 Å². The molecule has 28 heavy (non-hydrogen) atoms. The number of nitrogens with zero attached hydrogens (tertiary/aromatic N) is 4. The zero-order valence-corrected chi connectivity index (χ0v) is 16.2. The quantitative estimate of drug-likeness (QED) is 0.867. The number of hydrogen-bond donors (Lipinski definition) is 1. The lowest BCUT2D eigenvalue weighted by Gasteiger charge is -2.38. The van der Waals surface area contributed by atoms with Gasteiger partial charge in [-0.1, -0.05) is 12.1 Å². The van der Waals surface area contributed by atoms with Crippen molar-refractivity contribution < 1.29 is 14.3 Å². The van der Waals surface area contributed by atoms with Crippen LogP contribution in [-0.2, 0) is 16.1 Å². The fourth-order valence-corrected chi connectivity index (χ4v) is 3.87. The van der Waals surface area contributed by atoms with Crippen LogP contribution in [0.2, 0.25) is 0 Å². The smallest absolute Gasteiger partial charge is 0.317 e. The Morgan fingerprint density at radius 1 is 1.29 bits per heavy atom. The first-order chi connectivity index (χ1) is 13.5. The van der Waals surface area contributed by atoms with Crippen molar-refractivity contribution in [3.05, 3.63) is 48.0 Å². The first-order valence-electron chi connectivity index (χ1n) is 9.46. The molecular formula is C20H25N5O3. The van der Waals surface area contributed by atoms with E-state index in [1.807, 2.05) is 42.0 Å². The van der Waals surface area contributed by atoms with Crippen LogP contribution in [0.5, 0.6) is 0 Å². The van der Waals surface area contributed by atoms with Gasteiger partial charge in [-0.15, -0.1) is 0 Å². The molecule has 148 valence electrons. The first-order valence-corrected chi connectivity index (χ1v) is 9.46. The van der Waals surface area contributed by atoms with Crippen LogP contribution in [0.15, 0.2) is 36.7 Å². The third-order valence-electron chi connectivity index (χ3n) is 5.54. The van der Waals surface area contributed by atoms with E-state index in [2.05, 4.69) is 10.3 Å². The number of likely N-dealkylation sites (N-methyl/N-ethyl adjacent to an activating group) is 1. The monoisotopic (exact) mass is 383 g/mol. The molecule has 2 saturated heterocycles. The Balaban J connectivity index is 1.31. The van der Waals surface area contributed by atoms with Crippen molar-refractivity contribution in [2.45, 2.75) is 25.5 Å². The summed E-state index contributed by atoms with van der Waals surface area (Å²) in [4.78, 5) is 31.9. The highest BCUT2D eigenvalue weighted by Crippen LogP contribution is 2.29. The summed E-state index contributed by atoms with van der Waals surface area (Å²) in [6, 6.07) is 7.94. The number of ether oxygens (including phenoxy) is 1. The number of aromatic nitrogens is 2. The van der Waals surface area contributed by atoms with Gasteiger partial charge in [0.05, 0.1) is 13.1 Å². The Kier molecular flexibility index (Phi) is 4.80. The van der Waals surface area contributed by atoms with Crippen molar-refractivity contribution in [1.29, 1.82) is 0 Å². The second kappa shape index (κ2) is 7.27. The molecule has 8 heteroatoms. The van der Waals surface area contributed by atoms with Gasteiger partial charge in [-0.2, -0.15) is 0 Å². The summed E-state index contributed by atoms with van der Waals surface area (Å²) in [6.07, 6.45) is 4.45. The highest BCUT2D eigenvalue weighted by atomic mass is 16.5. The van der Waals surface area contributed by atoms with Crippen molar-refractivity contribution in [2.24, 2.45) is 0 Å². The van der Waals surface area contributed by atoms with Crippen LogP contribution in [0.3, 0.4) is 0 Å². The summed E-state index contributed by atoms with van der Waals surface area (Å²) in [6.45, 7) is 4.19. The van der Waals surface area contributed by atoms with Crippen LogP contribution in [0.4, 0.5) is 4.79 Å². The second-order valence-corrected chi connectivity index (χ2v) is 7.56. The average molecular weight is 383 g/mol. The van der Waals surface area contributed by atoms with Crippen LogP contribution in [0.25, 0.3) is 5.69 Å². The van der Waals surface area contributed by atoms with Crippen LogP contribution in [0, 0.1) is 6.92 Å². The summed E-state index contributed by atoms with van der Waals surface area (Å²) in [5.41, 5.74) is 1.65. The molecule has 0 bridgehead atoms. The fourth-order valence-electron chi connectivity index (χ4n) is 3.87. The fraction of sp³-hybridized carbons (Fsp3) is 0.450. The molecule has 1 spiro atoms. The molecule has 0 radical (unpaired) electrons. The van der Waals surface area contributed by atoms with E-state index in [1.54, 1.807) is 23.0 Å².